The number of nitrogens with one attached hydrogen (secondary N) is 1. The maximum absolute atomic E-state index is 10.9. The van der Waals surface area contributed by atoms with Gasteiger partial charge >= 0.3 is 0 Å². The van der Waals surface area contributed by atoms with Crippen LogP contribution < -0.4 is 11.1 Å². The van der Waals surface area contributed by atoms with E-state index in [4.69, 9.17) is 5.73 Å². The minimum Gasteiger partial charge on any atom is -0.368 e. The molecule has 0 aliphatic heterocycles. The van der Waals surface area contributed by atoms with Gasteiger partial charge in [-0.2, -0.15) is 0 Å². The van der Waals surface area contributed by atoms with Gasteiger partial charge in [0.25, 0.3) is 0 Å². The summed E-state index contributed by atoms with van der Waals surface area (Å²) in [6, 6.07) is -0.299. The van der Waals surface area contributed by atoms with Crippen LogP contribution in [0.15, 0.2) is 6.33 Å². The molecule has 1 aromatic heterocycles. The van der Waals surface area contributed by atoms with Crippen molar-refractivity contribution in [3.63, 3.8) is 0 Å². The molecule has 1 rings (SSSR count). The van der Waals surface area contributed by atoms with E-state index in [1.54, 1.807) is 10.9 Å². The van der Waals surface area contributed by atoms with Crippen molar-refractivity contribution in [1.82, 2.24) is 20.1 Å². The van der Waals surface area contributed by atoms with E-state index < -0.39 is 0 Å². The summed E-state index contributed by atoms with van der Waals surface area (Å²) in [5, 5.41) is 10.6. The Balaban J connectivity index is 2.47. The fourth-order valence-corrected chi connectivity index (χ4v) is 1.13. The van der Waals surface area contributed by atoms with E-state index in [2.05, 4.69) is 15.5 Å². The summed E-state index contributed by atoms with van der Waals surface area (Å²) in [6.45, 7) is 2.40. The summed E-state index contributed by atoms with van der Waals surface area (Å²) in [5.41, 5.74) is 5.18. The molecule has 0 aliphatic rings. The average Bonchev–Trinajstić information content (AvgIpc) is 2.52. The molecule has 1 heterocycles. The van der Waals surface area contributed by atoms with Crippen LogP contribution in [0.25, 0.3) is 0 Å². The number of primary amides is 1. The van der Waals surface area contributed by atoms with Crippen molar-refractivity contribution in [2.45, 2.75) is 25.9 Å². The number of hydrogen-bond acceptors (Lipinski definition) is 4. The van der Waals surface area contributed by atoms with Gasteiger partial charge in [0.2, 0.25) is 5.91 Å². The number of amides is 1. The van der Waals surface area contributed by atoms with E-state index in [0.717, 1.165) is 5.82 Å². The van der Waals surface area contributed by atoms with Crippen LogP contribution in [-0.2, 0) is 18.4 Å². The summed E-state index contributed by atoms with van der Waals surface area (Å²) >= 11 is 0. The summed E-state index contributed by atoms with van der Waals surface area (Å²) in [4.78, 5) is 10.9. The third-order valence-corrected chi connectivity index (χ3v) is 2.06. The highest BCUT2D eigenvalue weighted by Crippen LogP contribution is 1.94. The smallest absolute Gasteiger partial charge is 0.234 e. The van der Waals surface area contributed by atoms with Gasteiger partial charge in [0.1, 0.15) is 12.2 Å². The largest absolute Gasteiger partial charge is 0.368 e. The molecule has 0 fully saturated rings. The molecular weight excluding hydrogens is 182 g/mol. The lowest BCUT2D eigenvalue weighted by Gasteiger charge is -2.11. The first kappa shape index (κ1) is 10.6. The fraction of sp³-hybridized carbons (Fsp3) is 0.625. The second kappa shape index (κ2) is 4.71. The zero-order valence-corrected chi connectivity index (χ0v) is 8.40. The number of rotatable bonds is 5. The number of hydrogen-bond donors (Lipinski definition) is 2. The van der Waals surface area contributed by atoms with Crippen LogP contribution in [0.1, 0.15) is 19.2 Å². The fourth-order valence-electron chi connectivity index (χ4n) is 1.13. The highest BCUT2D eigenvalue weighted by molar-refractivity contribution is 5.79. The molecule has 3 N–H and O–H groups in total. The predicted molar refractivity (Wildman–Crippen MR) is 51.1 cm³/mol. The molecule has 0 aliphatic carbocycles. The average molecular weight is 197 g/mol. The monoisotopic (exact) mass is 197 g/mol. The first-order chi connectivity index (χ1) is 6.65. The molecule has 6 nitrogen and oxygen atoms in total. The van der Waals surface area contributed by atoms with Gasteiger partial charge in [-0.15, -0.1) is 10.2 Å². The summed E-state index contributed by atoms with van der Waals surface area (Å²) in [6.07, 6.45) is 2.29. The van der Waals surface area contributed by atoms with E-state index >= 15 is 0 Å². The van der Waals surface area contributed by atoms with Gasteiger partial charge in [0, 0.05) is 7.05 Å². The van der Waals surface area contributed by atoms with Crippen molar-refractivity contribution in [1.29, 1.82) is 0 Å². The number of carbonyl (C=O) groups is 1. The van der Waals surface area contributed by atoms with Gasteiger partial charge in [-0.3, -0.25) is 10.1 Å². The minimum atomic E-state index is -0.338. The summed E-state index contributed by atoms with van der Waals surface area (Å²) in [7, 11) is 1.85. The van der Waals surface area contributed by atoms with Crippen LogP contribution in [0, 0.1) is 0 Å². The highest BCUT2D eigenvalue weighted by atomic mass is 16.1. The van der Waals surface area contributed by atoms with Crippen LogP contribution >= 0.6 is 0 Å². The molecule has 78 valence electrons. The first-order valence-electron chi connectivity index (χ1n) is 4.50. The van der Waals surface area contributed by atoms with Gasteiger partial charge in [-0.05, 0) is 6.42 Å². The Morgan fingerprint density at radius 1 is 1.79 bits per heavy atom. The van der Waals surface area contributed by atoms with E-state index in [1.807, 2.05) is 14.0 Å². The van der Waals surface area contributed by atoms with Gasteiger partial charge in [0.05, 0.1) is 12.6 Å². The van der Waals surface area contributed by atoms with Crippen molar-refractivity contribution >= 4 is 5.91 Å². The lowest BCUT2D eigenvalue weighted by atomic mass is 10.2. The third-order valence-electron chi connectivity index (χ3n) is 2.06. The highest BCUT2D eigenvalue weighted by Gasteiger charge is 2.12. The minimum absolute atomic E-state index is 0.299. The molecular formula is C8H15N5O. The zero-order chi connectivity index (χ0) is 10.6. The van der Waals surface area contributed by atoms with Crippen LogP contribution in [0.3, 0.4) is 0 Å². The number of nitrogens with two attached hydrogens (primary N) is 1. The molecule has 0 radical (unpaired) electrons. The standard InChI is InChI=1S/C8H15N5O/c1-3-6(8(9)14)10-4-7-12-11-5-13(7)2/h5-6,10H,3-4H2,1-2H3,(H2,9,14). The van der Waals surface area contributed by atoms with E-state index in [0.29, 0.717) is 13.0 Å². The molecule has 14 heavy (non-hydrogen) atoms. The maximum Gasteiger partial charge on any atom is 0.234 e. The number of aryl methyl sites for hydroxylation is 1. The second-order valence-corrected chi connectivity index (χ2v) is 3.10. The lowest BCUT2D eigenvalue weighted by Crippen LogP contribution is -2.40. The first-order valence-corrected chi connectivity index (χ1v) is 4.50. The Bertz CT molecular complexity index is 308. The third kappa shape index (κ3) is 2.53. The SMILES string of the molecule is CCC(NCc1nncn1C)C(N)=O. The zero-order valence-electron chi connectivity index (χ0n) is 8.40. The predicted octanol–water partition coefficient (Wildman–Crippen LogP) is -0.831. The molecule has 0 bridgehead atoms. The Morgan fingerprint density at radius 3 is 2.93 bits per heavy atom. The summed E-state index contributed by atoms with van der Waals surface area (Å²) < 4.78 is 1.79. The quantitative estimate of drug-likeness (QED) is 0.645. The molecule has 1 atom stereocenters. The van der Waals surface area contributed by atoms with E-state index in [-0.39, 0.29) is 11.9 Å². The molecule has 1 unspecified atom stereocenters. The van der Waals surface area contributed by atoms with Crippen LogP contribution in [0.4, 0.5) is 0 Å². The number of aromatic nitrogens is 3. The Labute approximate surface area is 82.5 Å². The van der Waals surface area contributed by atoms with Crippen molar-refractivity contribution in [2.24, 2.45) is 12.8 Å². The Hall–Kier alpha value is -1.43. The molecule has 1 aromatic rings. The number of nitrogens with zero attached hydrogens (tertiary/aromatic N) is 3. The van der Waals surface area contributed by atoms with Gasteiger partial charge in [-0.1, -0.05) is 6.92 Å². The van der Waals surface area contributed by atoms with Gasteiger partial charge in [0.15, 0.2) is 0 Å². The Kier molecular flexibility index (Phi) is 3.58. The van der Waals surface area contributed by atoms with Crippen molar-refractivity contribution in [2.75, 3.05) is 0 Å². The van der Waals surface area contributed by atoms with Crippen LogP contribution in [-0.4, -0.2) is 26.7 Å². The Morgan fingerprint density at radius 2 is 2.50 bits per heavy atom. The molecule has 0 saturated carbocycles. The normalized spacial score (nSPS) is 12.7. The van der Waals surface area contributed by atoms with Gasteiger partial charge in [-0.25, -0.2) is 0 Å². The molecule has 0 spiro atoms. The lowest BCUT2D eigenvalue weighted by molar-refractivity contribution is -0.120. The summed E-state index contributed by atoms with van der Waals surface area (Å²) in [5.74, 6) is 0.444. The van der Waals surface area contributed by atoms with Crippen LogP contribution in [0.2, 0.25) is 0 Å². The molecule has 0 aromatic carbocycles. The van der Waals surface area contributed by atoms with Crippen molar-refractivity contribution < 1.29 is 4.79 Å². The topological polar surface area (TPSA) is 85.8 Å². The van der Waals surface area contributed by atoms with Crippen molar-refractivity contribution in [3.8, 4) is 0 Å². The molecule has 1 amide bonds. The van der Waals surface area contributed by atoms with Crippen LogP contribution in [0.5, 0.6) is 0 Å². The van der Waals surface area contributed by atoms with E-state index in [1.165, 1.54) is 0 Å². The maximum atomic E-state index is 10.9. The number of carbonyl (C=O) groups excluding carboxylic acids is 1. The molecule has 0 saturated heterocycles. The van der Waals surface area contributed by atoms with Crippen molar-refractivity contribution in [3.05, 3.63) is 12.2 Å². The van der Waals surface area contributed by atoms with E-state index in [9.17, 15) is 4.79 Å². The van der Waals surface area contributed by atoms with Gasteiger partial charge < -0.3 is 10.3 Å². The molecule has 6 heteroatoms. The second-order valence-electron chi connectivity index (χ2n) is 3.10.